The monoisotopic (exact) mass is 903 g/mol. The number of benzene rings is 8. The van der Waals surface area contributed by atoms with Crippen LogP contribution in [-0.4, -0.2) is 30.8 Å². The molecule has 0 aromatic heterocycles. The van der Waals surface area contributed by atoms with Gasteiger partial charge in [-0.25, -0.2) is 0 Å². The van der Waals surface area contributed by atoms with Gasteiger partial charge in [-0.05, 0) is 31.9 Å². The fraction of sp³-hybridized carbons (Fsp3) is 0.167. The van der Waals surface area contributed by atoms with Gasteiger partial charge in [0.2, 0.25) is 0 Å². The predicted molar refractivity (Wildman–Crippen MR) is 260 cm³/mol. The minimum atomic E-state index is -2.29. The molecule has 0 aliphatic heterocycles. The third-order valence-electron chi connectivity index (χ3n) is 12.1. The Labute approximate surface area is 366 Å². The van der Waals surface area contributed by atoms with E-state index in [1.54, 1.807) is 0 Å². The predicted octanol–water partition coefficient (Wildman–Crippen LogP) is 11.7. The van der Waals surface area contributed by atoms with Gasteiger partial charge in [-0.1, -0.05) is 158 Å². The van der Waals surface area contributed by atoms with Crippen molar-refractivity contribution in [1.29, 1.82) is 0 Å². The summed E-state index contributed by atoms with van der Waals surface area (Å²) in [6.45, 7) is 18.0. The van der Waals surface area contributed by atoms with E-state index < -0.39 is 34.1 Å². The van der Waals surface area contributed by atoms with Crippen LogP contribution in [-0.2, 0) is 23.3 Å². The number of fused-ring (bicyclic) bond motifs is 2. The molecule has 0 heterocycles. The summed E-state index contributed by atoms with van der Waals surface area (Å²) < 4.78 is 7.31. The van der Waals surface area contributed by atoms with Crippen LogP contribution < -0.4 is 20.7 Å². The zero-order valence-electron chi connectivity index (χ0n) is 36.0. The summed E-state index contributed by atoms with van der Waals surface area (Å²) in [4.78, 5) is 0. The van der Waals surface area contributed by atoms with Crippen molar-refractivity contribution in [1.82, 2.24) is 0 Å². The topological polar surface area (TPSA) is 52.8 Å². The first kappa shape index (κ1) is 42.8. The number of phenols is 2. The molecule has 302 valence electrons. The van der Waals surface area contributed by atoms with Crippen molar-refractivity contribution in [2.24, 2.45) is 3.50 Å². The Morgan fingerprint density at radius 3 is 1.32 bits per heavy atom. The van der Waals surface area contributed by atoms with Gasteiger partial charge in [0.05, 0.1) is 0 Å². The van der Waals surface area contributed by atoms with Crippen molar-refractivity contribution >= 4 is 68.5 Å². The number of hydrogen-bond donors (Lipinski definition) is 2. The van der Waals surface area contributed by atoms with Gasteiger partial charge in [0, 0.05) is 11.1 Å². The van der Waals surface area contributed by atoms with E-state index in [1.807, 2.05) is 36.4 Å². The van der Waals surface area contributed by atoms with Gasteiger partial charge in [-0.2, -0.15) is 0 Å². The van der Waals surface area contributed by atoms with Crippen molar-refractivity contribution in [2.75, 3.05) is 0 Å². The summed E-state index contributed by atoms with van der Waals surface area (Å²) >= 11 is -0.493. The molecule has 6 heteroatoms. The zero-order valence-corrected chi connectivity index (χ0v) is 40.0. The molecule has 8 aromatic carbocycles. The maximum absolute atomic E-state index is 12.3. The van der Waals surface area contributed by atoms with Crippen molar-refractivity contribution in [2.45, 2.75) is 59.3 Å². The molecule has 8 aromatic rings. The molecule has 60 heavy (non-hydrogen) atoms. The Hall–Kier alpha value is -5.33. The molecule has 0 fully saturated rings. The Balaban J connectivity index is 0.000000229. The summed E-state index contributed by atoms with van der Waals surface area (Å²) in [5.41, 5.74) is 6.65. The van der Waals surface area contributed by atoms with E-state index >= 15 is 0 Å². The van der Waals surface area contributed by atoms with Crippen LogP contribution in [0.5, 0.6) is 11.5 Å². The molecular weight excluding hydrogens is 847 g/mol. The van der Waals surface area contributed by atoms with E-state index in [9.17, 15) is 10.2 Å². The molecule has 0 radical (unpaired) electrons. The molecule has 0 aliphatic rings. The van der Waals surface area contributed by atoms with Crippen LogP contribution in [0.2, 0.25) is 26.2 Å². The van der Waals surface area contributed by atoms with E-state index in [0.29, 0.717) is 0 Å². The van der Waals surface area contributed by atoms with E-state index in [2.05, 4.69) is 192 Å². The van der Waals surface area contributed by atoms with Gasteiger partial charge in [-0.15, -0.1) is 0 Å². The van der Waals surface area contributed by atoms with Gasteiger partial charge in [0.25, 0.3) is 0 Å². The second-order valence-corrected chi connectivity index (χ2v) is 27.6. The standard InChI is InChI=1S/C36H34O2Si2.C10H12.C8H9N.Mo/c1-39(2,27-17-7-5-8-18-27)31-23-25-15-11-13-21-29(25)33(35(31)37)34-30-22-14-12-16-26(30)24-32(36(34)38)40(3,4)28-19-9-6-10-20-28;1-10(2,3)9-7-5-4-6-8-9;1-6-4-3-5-7(2)8(6)9;/h5-24,37-38H,1-4H3;1,4-8H,2-3H3;3-5H,1-2H3;. The fourth-order valence-corrected chi connectivity index (χ4v) is 15.5. The van der Waals surface area contributed by atoms with Crippen molar-refractivity contribution < 1.29 is 28.1 Å². The van der Waals surface area contributed by atoms with Crippen LogP contribution in [0.15, 0.2) is 173 Å². The minimum absolute atomic E-state index is 0.101. The first-order valence-corrected chi connectivity index (χ1v) is 28.7. The summed E-state index contributed by atoms with van der Waals surface area (Å²) in [6.07, 6.45) is 0. The Kier molecular flexibility index (Phi) is 12.6. The molecule has 0 atom stereocenters. The number of hydrogen-bond acceptors (Lipinski definition) is 3. The summed E-state index contributed by atoms with van der Waals surface area (Å²) in [7, 11) is -4.58. The van der Waals surface area contributed by atoms with E-state index in [0.717, 1.165) is 43.0 Å². The Morgan fingerprint density at radius 1 is 0.500 bits per heavy atom. The second-order valence-electron chi connectivity index (χ2n) is 17.4. The third-order valence-corrected chi connectivity index (χ3v) is 21.5. The quantitative estimate of drug-likeness (QED) is 0.149. The van der Waals surface area contributed by atoms with E-state index in [-0.39, 0.29) is 16.9 Å². The van der Waals surface area contributed by atoms with E-state index in [1.165, 1.54) is 32.8 Å². The molecule has 0 saturated carbocycles. The Morgan fingerprint density at radius 2 is 0.883 bits per heavy atom. The first-order valence-electron chi connectivity index (χ1n) is 20.7. The van der Waals surface area contributed by atoms with Gasteiger partial charge in [0.15, 0.2) is 0 Å². The summed E-state index contributed by atoms with van der Waals surface area (Å²) in [6, 6.07) is 58.9. The number of aryl methyl sites for hydroxylation is 2. The number of phenolic OH excluding ortho intramolecular Hbond substituents is 2. The van der Waals surface area contributed by atoms with Crippen molar-refractivity contribution in [3.8, 4) is 22.6 Å². The van der Waals surface area contributed by atoms with E-state index in [4.69, 9.17) is 3.50 Å². The normalized spacial score (nSPS) is 11.8. The second kappa shape index (κ2) is 17.7. The number of rotatable bonds is 8. The fourth-order valence-electron chi connectivity index (χ4n) is 8.25. The number of aromatic hydroxyl groups is 2. The van der Waals surface area contributed by atoms with Crippen LogP contribution in [0, 0.1) is 13.8 Å². The van der Waals surface area contributed by atoms with Crippen molar-refractivity contribution in [3.63, 3.8) is 0 Å². The third kappa shape index (κ3) is 8.63. The van der Waals surface area contributed by atoms with Gasteiger partial charge < -0.3 is 10.2 Å². The van der Waals surface area contributed by atoms with Gasteiger partial charge in [-0.3, -0.25) is 0 Å². The molecule has 8 rings (SSSR count). The molecule has 2 N–H and O–H groups in total. The van der Waals surface area contributed by atoms with Crippen LogP contribution in [0.3, 0.4) is 0 Å². The van der Waals surface area contributed by atoms with Crippen LogP contribution in [0.25, 0.3) is 32.7 Å². The zero-order chi connectivity index (χ0) is 42.7. The summed E-state index contributed by atoms with van der Waals surface area (Å²) in [5.74, 6) is 0.548. The molecule has 0 spiro atoms. The molecule has 0 aliphatic carbocycles. The molecule has 0 bridgehead atoms. The number of nitrogens with zero attached hydrogens (tertiary/aromatic N) is 1. The average molecular weight is 902 g/mol. The van der Waals surface area contributed by atoms with Gasteiger partial charge in [0.1, 0.15) is 27.6 Å². The molecule has 3 nitrogen and oxygen atoms in total. The Bertz CT molecular complexity index is 2710. The van der Waals surface area contributed by atoms with Crippen LogP contribution in [0.1, 0.15) is 30.5 Å². The van der Waals surface area contributed by atoms with Crippen LogP contribution in [0.4, 0.5) is 5.69 Å². The maximum atomic E-state index is 12.3. The molecule has 0 saturated heterocycles. The molecule has 0 unspecified atom stereocenters. The molecule has 0 amide bonds. The summed E-state index contributed by atoms with van der Waals surface area (Å²) in [5, 5.41) is 33.0. The SMILES string of the molecule is C[Si](C)(c1ccccc1)c1cc2ccccc2c(-c2c(O)c([Si](C)(C)c3ccccc3)cc3ccccc23)c1O.Cc1cccc(C)c1[N]=[Mo]=[CH]C(C)(C)c1ccccc1. The molecular formula is C54H55MoNO2Si2. The average Bonchev–Trinajstić information content (AvgIpc) is 3.26. The van der Waals surface area contributed by atoms with Crippen LogP contribution >= 0.6 is 0 Å². The van der Waals surface area contributed by atoms with Crippen molar-refractivity contribution in [3.05, 3.63) is 187 Å². The van der Waals surface area contributed by atoms with Gasteiger partial charge >= 0.3 is 130 Å². The first-order chi connectivity index (χ1) is 28.7.